The van der Waals surface area contributed by atoms with Gasteiger partial charge in [0.05, 0.1) is 12.5 Å². The molecule has 25 heteroatoms. The summed E-state index contributed by atoms with van der Waals surface area (Å²) in [5, 5.41) is 55.5. The summed E-state index contributed by atoms with van der Waals surface area (Å²) < 4.78 is 0. The second kappa shape index (κ2) is 33.2. The normalized spacial score (nSPS) is 14.5. The van der Waals surface area contributed by atoms with Crippen LogP contribution in [0.15, 0.2) is 24.3 Å². The van der Waals surface area contributed by atoms with Gasteiger partial charge in [0, 0.05) is 6.42 Å². The summed E-state index contributed by atoms with van der Waals surface area (Å²) in [7, 11) is 0. The first-order valence-electron chi connectivity index (χ1n) is 23.5. The molecule has 1 aromatic rings. The number of unbranched alkanes of at least 4 members (excludes halogenated alkanes) is 3. The minimum absolute atomic E-state index is 0.00100. The van der Waals surface area contributed by atoms with Crippen LogP contribution in [0.5, 0.6) is 5.75 Å². The van der Waals surface area contributed by atoms with Gasteiger partial charge in [-0.25, -0.2) is 4.79 Å². The van der Waals surface area contributed by atoms with Crippen molar-refractivity contribution in [3.8, 4) is 5.75 Å². The average molecular weight is 994 g/mol. The molecule has 0 radical (unpaired) electrons. The molecule has 0 fully saturated rings. The molecule has 1 aromatic carbocycles. The molecule has 0 aliphatic rings. The van der Waals surface area contributed by atoms with Gasteiger partial charge in [0.25, 0.3) is 0 Å². The summed E-state index contributed by atoms with van der Waals surface area (Å²) in [6.07, 6.45) is 0.191. The first-order valence-corrected chi connectivity index (χ1v) is 23.5. The Bertz CT molecular complexity index is 1890. The monoisotopic (exact) mass is 994 g/mol. The van der Waals surface area contributed by atoms with Crippen LogP contribution in [0.4, 0.5) is 0 Å². The van der Waals surface area contributed by atoms with Crippen molar-refractivity contribution in [2.45, 2.75) is 159 Å². The molecule has 8 atom stereocenters. The van der Waals surface area contributed by atoms with Crippen LogP contribution in [0, 0.1) is 5.92 Å². The van der Waals surface area contributed by atoms with Crippen molar-refractivity contribution in [2.75, 3.05) is 19.6 Å². The third kappa shape index (κ3) is 24.7. The molecule has 0 aliphatic heterocycles. The lowest BCUT2D eigenvalue weighted by molar-refractivity contribution is -0.142. The SMILES string of the molecule is CC(C)C[C@H](NC(=O)[C@@H](N)Cc1ccc(O)cc1)C(=O)N[C@@H](CC(=O)O)C(=O)N[C@@H](CCC(=O)O)C(=O)N[C@@H](CCCCN)C(=O)N[C@@H](CCCCN)C(=O)N[C@@H](C)C(=O)N[C@@H](CCCCN)C(=O)O. The van der Waals surface area contributed by atoms with Crippen molar-refractivity contribution in [1.82, 2.24) is 37.2 Å². The standard InChI is InChI=1S/C45H75N11O14/c1-25(2)22-34(55-39(63)29(49)23-27-13-15-28(57)16-14-27)43(67)56-35(24-37(60)61)44(68)53-32(17-18-36(58)59)42(66)52-31(11-5-8-20-47)41(65)51-30(10-4-7-19-46)40(64)50-26(3)38(62)54-33(45(69)70)12-6-9-21-48/h13-16,25-26,29-35,57H,4-12,17-24,46-49H2,1-3H3,(H,50,64)(H,51,65)(H,52,66)(H,53,68)(H,54,62)(H,55,63)(H,56,67)(H,58,59)(H,60,61)(H,69,70)/t26-,29-,30-,31-,32-,33-,34-,35-/m0/s1. The molecule has 0 aromatic heterocycles. The van der Waals surface area contributed by atoms with Crippen LogP contribution in [0.2, 0.25) is 0 Å². The number of hydrogen-bond acceptors (Lipinski definition) is 15. The molecule has 0 unspecified atom stereocenters. The first kappa shape index (κ1) is 61.6. The second-order valence-electron chi connectivity index (χ2n) is 17.4. The summed E-state index contributed by atoms with van der Waals surface area (Å²) in [5.41, 5.74) is 23.5. The Morgan fingerprint density at radius 1 is 0.486 bits per heavy atom. The first-order chi connectivity index (χ1) is 33.0. The van der Waals surface area contributed by atoms with Gasteiger partial charge in [-0.1, -0.05) is 26.0 Å². The van der Waals surface area contributed by atoms with Gasteiger partial charge in [-0.05, 0) is 127 Å². The number of nitrogens with two attached hydrogens (primary N) is 4. The maximum atomic E-state index is 14.0. The zero-order valence-corrected chi connectivity index (χ0v) is 40.2. The van der Waals surface area contributed by atoms with Crippen LogP contribution in [0.25, 0.3) is 0 Å². The zero-order chi connectivity index (χ0) is 52.9. The molecule has 0 spiro atoms. The highest BCUT2D eigenvalue weighted by molar-refractivity contribution is 5.98. The van der Waals surface area contributed by atoms with E-state index in [1.54, 1.807) is 26.0 Å². The largest absolute Gasteiger partial charge is 0.508 e. The topological polar surface area (TPSA) is 440 Å². The molecule has 1 rings (SSSR count). The molecule has 394 valence electrons. The second-order valence-corrected chi connectivity index (χ2v) is 17.4. The third-order valence-electron chi connectivity index (χ3n) is 10.8. The maximum Gasteiger partial charge on any atom is 0.326 e. The highest BCUT2D eigenvalue weighted by Crippen LogP contribution is 2.13. The molecule has 0 saturated carbocycles. The fraction of sp³-hybridized carbons (Fsp3) is 0.644. The molecule has 0 heterocycles. The Kier molecular flexibility index (Phi) is 29.2. The number of hydrogen-bond donors (Lipinski definition) is 15. The van der Waals surface area contributed by atoms with Crippen LogP contribution in [0.3, 0.4) is 0 Å². The zero-order valence-electron chi connectivity index (χ0n) is 40.2. The Morgan fingerprint density at radius 3 is 1.33 bits per heavy atom. The number of rotatable bonds is 36. The number of phenols is 1. The van der Waals surface area contributed by atoms with E-state index in [1.165, 1.54) is 19.1 Å². The van der Waals surface area contributed by atoms with Crippen LogP contribution < -0.4 is 60.2 Å². The van der Waals surface area contributed by atoms with Gasteiger partial charge in [0.15, 0.2) is 0 Å². The lowest BCUT2D eigenvalue weighted by atomic mass is 10.0. The Morgan fingerprint density at radius 2 is 0.886 bits per heavy atom. The van der Waals surface area contributed by atoms with Crippen LogP contribution in [-0.4, -0.2) is 148 Å². The van der Waals surface area contributed by atoms with E-state index in [4.69, 9.17) is 22.9 Å². The molecule has 70 heavy (non-hydrogen) atoms. The smallest absolute Gasteiger partial charge is 0.326 e. The van der Waals surface area contributed by atoms with Gasteiger partial charge >= 0.3 is 17.9 Å². The number of phenolic OH excluding ortho intramolecular Hbond substituents is 1. The van der Waals surface area contributed by atoms with Crippen molar-refractivity contribution in [2.24, 2.45) is 28.9 Å². The van der Waals surface area contributed by atoms with E-state index >= 15 is 0 Å². The number of benzene rings is 1. The molecular formula is C45H75N11O14. The van der Waals surface area contributed by atoms with E-state index < -0.39 is 127 Å². The molecule has 0 saturated heterocycles. The van der Waals surface area contributed by atoms with Crippen molar-refractivity contribution < 1.29 is 68.4 Å². The number of carboxylic acid groups (broad SMARTS) is 3. The molecule has 7 amide bonds. The van der Waals surface area contributed by atoms with Gasteiger partial charge < -0.3 is 80.6 Å². The van der Waals surface area contributed by atoms with E-state index in [1.807, 2.05) is 0 Å². The average Bonchev–Trinajstić information content (AvgIpc) is 3.28. The summed E-state index contributed by atoms with van der Waals surface area (Å²) in [6, 6.07) is -5.36. The summed E-state index contributed by atoms with van der Waals surface area (Å²) >= 11 is 0. The van der Waals surface area contributed by atoms with Gasteiger partial charge in [-0.15, -0.1) is 0 Å². The minimum atomic E-state index is -1.87. The van der Waals surface area contributed by atoms with E-state index in [9.17, 15) is 68.4 Å². The molecule has 0 aliphatic carbocycles. The van der Waals surface area contributed by atoms with E-state index in [0.29, 0.717) is 44.2 Å². The lowest BCUT2D eigenvalue weighted by Gasteiger charge is -2.27. The van der Waals surface area contributed by atoms with Gasteiger partial charge in [0.2, 0.25) is 41.4 Å². The van der Waals surface area contributed by atoms with Crippen molar-refractivity contribution in [3.63, 3.8) is 0 Å². The maximum absolute atomic E-state index is 14.0. The molecule has 0 bridgehead atoms. The number of carbonyl (C=O) groups excluding carboxylic acids is 7. The van der Waals surface area contributed by atoms with Crippen molar-refractivity contribution in [3.05, 3.63) is 29.8 Å². The fourth-order valence-electron chi connectivity index (χ4n) is 6.92. The predicted molar refractivity (Wildman–Crippen MR) is 254 cm³/mol. The Hall–Kier alpha value is -6.44. The number of aliphatic carboxylic acids is 3. The summed E-state index contributed by atoms with van der Waals surface area (Å²) in [5.74, 6) is -11.0. The summed E-state index contributed by atoms with van der Waals surface area (Å²) in [6.45, 7) is 5.57. The van der Waals surface area contributed by atoms with Crippen LogP contribution in [-0.2, 0) is 54.4 Å². The number of aromatic hydroxyl groups is 1. The third-order valence-corrected chi connectivity index (χ3v) is 10.8. The van der Waals surface area contributed by atoms with E-state index in [-0.39, 0.29) is 63.3 Å². The quantitative estimate of drug-likeness (QED) is 0.0310. The summed E-state index contributed by atoms with van der Waals surface area (Å²) in [4.78, 5) is 131. The van der Waals surface area contributed by atoms with Crippen LogP contribution >= 0.6 is 0 Å². The Balaban J connectivity index is 3.37. The van der Waals surface area contributed by atoms with Crippen molar-refractivity contribution in [1.29, 1.82) is 0 Å². The number of carbonyl (C=O) groups is 10. The number of carboxylic acids is 3. The van der Waals surface area contributed by atoms with E-state index in [0.717, 1.165) is 0 Å². The molecular weight excluding hydrogens is 919 g/mol. The lowest BCUT2D eigenvalue weighted by Crippen LogP contribution is -2.60. The van der Waals surface area contributed by atoms with Gasteiger partial charge in [-0.3, -0.25) is 43.2 Å². The Labute approximate surface area is 407 Å². The highest BCUT2D eigenvalue weighted by Gasteiger charge is 2.35. The fourth-order valence-corrected chi connectivity index (χ4v) is 6.92. The molecule has 19 N–H and O–H groups in total. The molecule has 25 nitrogen and oxygen atoms in total. The van der Waals surface area contributed by atoms with E-state index in [2.05, 4.69) is 37.2 Å². The number of nitrogens with one attached hydrogen (secondary N) is 7. The van der Waals surface area contributed by atoms with Crippen molar-refractivity contribution >= 4 is 59.3 Å². The highest BCUT2D eigenvalue weighted by atomic mass is 16.4. The van der Waals surface area contributed by atoms with Gasteiger partial charge in [-0.2, -0.15) is 0 Å². The minimum Gasteiger partial charge on any atom is -0.508 e. The predicted octanol–water partition coefficient (Wildman–Crippen LogP) is -2.47. The van der Waals surface area contributed by atoms with Crippen LogP contribution in [0.1, 0.15) is 110 Å². The number of amides is 7. The van der Waals surface area contributed by atoms with Gasteiger partial charge in [0.1, 0.15) is 48.0 Å².